The van der Waals surface area contributed by atoms with Crippen LogP contribution in [0.3, 0.4) is 0 Å². The van der Waals surface area contributed by atoms with Gasteiger partial charge in [-0.05, 0) is 43.5 Å². The van der Waals surface area contributed by atoms with Crippen molar-refractivity contribution in [2.75, 3.05) is 17.2 Å². The molecule has 0 radical (unpaired) electrons. The van der Waals surface area contributed by atoms with Gasteiger partial charge in [0.2, 0.25) is 5.91 Å². The molecule has 5 rings (SSSR count). The summed E-state index contributed by atoms with van der Waals surface area (Å²) in [6.07, 6.45) is 1.76. The molecule has 2 aromatic rings. The van der Waals surface area contributed by atoms with Gasteiger partial charge in [0.05, 0.1) is 12.2 Å². The highest BCUT2D eigenvalue weighted by Crippen LogP contribution is 2.55. The van der Waals surface area contributed by atoms with Crippen molar-refractivity contribution in [1.82, 2.24) is 4.90 Å². The SMILES string of the molecule is Cc1ccc(CN2C(=O)[C@@]3(SCCN3C(=O)C3CC3)c3cc(F)ccc32)cc1. The van der Waals surface area contributed by atoms with E-state index in [2.05, 4.69) is 0 Å². The molecule has 1 saturated heterocycles. The average Bonchev–Trinajstić information content (AvgIpc) is 3.41. The number of thioether (sulfide) groups is 1. The van der Waals surface area contributed by atoms with Crippen molar-refractivity contribution in [3.05, 3.63) is 65.0 Å². The van der Waals surface area contributed by atoms with Gasteiger partial charge in [-0.15, -0.1) is 11.8 Å². The molecule has 2 heterocycles. The van der Waals surface area contributed by atoms with Crippen LogP contribution in [0, 0.1) is 18.7 Å². The number of hydrogen-bond donors (Lipinski definition) is 0. The van der Waals surface area contributed by atoms with E-state index in [1.54, 1.807) is 15.9 Å². The lowest BCUT2D eigenvalue weighted by Gasteiger charge is -2.33. The van der Waals surface area contributed by atoms with Crippen molar-refractivity contribution in [3.63, 3.8) is 0 Å². The first-order valence-corrected chi connectivity index (χ1v) is 10.6. The van der Waals surface area contributed by atoms with Crippen molar-refractivity contribution < 1.29 is 14.0 Å². The van der Waals surface area contributed by atoms with Crippen LogP contribution in [0.5, 0.6) is 0 Å². The van der Waals surface area contributed by atoms with Crippen LogP contribution in [0.25, 0.3) is 0 Å². The van der Waals surface area contributed by atoms with Crippen molar-refractivity contribution in [2.24, 2.45) is 5.92 Å². The van der Waals surface area contributed by atoms with E-state index < -0.39 is 4.87 Å². The van der Waals surface area contributed by atoms with Crippen LogP contribution in [-0.2, 0) is 21.0 Å². The van der Waals surface area contributed by atoms with Crippen LogP contribution in [-0.4, -0.2) is 29.0 Å². The number of rotatable bonds is 3. The van der Waals surface area contributed by atoms with Crippen molar-refractivity contribution in [1.29, 1.82) is 0 Å². The van der Waals surface area contributed by atoms with Crippen molar-refractivity contribution in [2.45, 2.75) is 31.2 Å². The van der Waals surface area contributed by atoms with Gasteiger partial charge in [0.1, 0.15) is 5.82 Å². The molecule has 0 bridgehead atoms. The number of hydrogen-bond acceptors (Lipinski definition) is 3. The summed E-state index contributed by atoms with van der Waals surface area (Å²) in [5, 5.41) is 0. The molecule has 0 aromatic heterocycles. The van der Waals surface area contributed by atoms with Crippen LogP contribution in [0.15, 0.2) is 42.5 Å². The zero-order valence-electron chi connectivity index (χ0n) is 15.7. The van der Waals surface area contributed by atoms with Crippen LogP contribution < -0.4 is 4.90 Å². The predicted molar refractivity (Wildman–Crippen MR) is 107 cm³/mol. The summed E-state index contributed by atoms with van der Waals surface area (Å²) >= 11 is 1.46. The van der Waals surface area contributed by atoms with Crippen LogP contribution in [0.2, 0.25) is 0 Å². The topological polar surface area (TPSA) is 40.6 Å². The molecule has 1 spiro atoms. The first-order chi connectivity index (χ1) is 13.5. The number of halogens is 1. The molecular weight excluding hydrogens is 375 g/mol. The number of anilines is 1. The van der Waals surface area contributed by atoms with E-state index in [9.17, 15) is 14.0 Å². The van der Waals surface area contributed by atoms with Crippen LogP contribution >= 0.6 is 11.8 Å². The molecule has 2 aromatic carbocycles. The van der Waals surface area contributed by atoms with Crippen LogP contribution in [0.4, 0.5) is 10.1 Å². The molecule has 6 heteroatoms. The fourth-order valence-electron chi connectivity index (χ4n) is 4.19. The Labute approximate surface area is 167 Å². The summed E-state index contributed by atoms with van der Waals surface area (Å²) in [5.74, 6) is 0.218. The van der Waals surface area contributed by atoms with E-state index in [0.29, 0.717) is 30.1 Å². The summed E-state index contributed by atoms with van der Waals surface area (Å²) < 4.78 is 14.2. The molecular formula is C22H21FN2O2S. The number of aryl methyl sites for hydroxylation is 1. The number of amides is 2. The van der Waals surface area contributed by atoms with Gasteiger partial charge in [0.15, 0.2) is 4.87 Å². The fraction of sp³-hybridized carbons (Fsp3) is 0.364. The molecule has 2 amide bonds. The first kappa shape index (κ1) is 17.7. The monoisotopic (exact) mass is 396 g/mol. The Morgan fingerprint density at radius 1 is 1.21 bits per heavy atom. The fourth-order valence-corrected chi connectivity index (χ4v) is 5.65. The van der Waals surface area contributed by atoms with E-state index in [-0.39, 0.29) is 23.5 Å². The smallest absolute Gasteiger partial charge is 0.268 e. The van der Waals surface area contributed by atoms with Gasteiger partial charge in [-0.25, -0.2) is 4.39 Å². The van der Waals surface area contributed by atoms with E-state index in [0.717, 1.165) is 24.0 Å². The van der Waals surface area contributed by atoms with Gasteiger partial charge in [-0.1, -0.05) is 29.8 Å². The number of fused-ring (bicyclic) bond motifs is 2. The summed E-state index contributed by atoms with van der Waals surface area (Å²) in [6.45, 7) is 2.96. The summed E-state index contributed by atoms with van der Waals surface area (Å²) in [4.78, 5) is 29.0. The number of carbonyl (C=O) groups is 2. The Hall–Kier alpha value is -2.34. The zero-order valence-corrected chi connectivity index (χ0v) is 16.5. The molecule has 2 fully saturated rings. The molecule has 3 aliphatic rings. The van der Waals surface area contributed by atoms with E-state index in [1.165, 1.54) is 23.9 Å². The molecule has 2 aliphatic heterocycles. The highest BCUT2D eigenvalue weighted by atomic mass is 32.2. The molecule has 28 heavy (non-hydrogen) atoms. The third-order valence-corrected chi connectivity index (χ3v) is 7.23. The van der Waals surface area contributed by atoms with E-state index >= 15 is 0 Å². The summed E-state index contributed by atoms with van der Waals surface area (Å²) in [6, 6.07) is 12.5. The van der Waals surface area contributed by atoms with Gasteiger partial charge >= 0.3 is 0 Å². The van der Waals surface area contributed by atoms with Gasteiger partial charge < -0.3 is 9.80 Å². The maximum atomic E-state index is 14.2. The van der Waals surface area contributed by atoms with Crippen molar-refractivity contribution in [3.8, 4) is 0 Å². The molecule has 0 N–H and O–H groups in total. The highest BCUT2D eigenvalue weighted by molar-refractivity contribution is 8.01. The quantitative estimate of drug-likeness (QED) is 0.792. The Bertz CT molecular complexity index is 973. The number of carbonyl (C=O) groups excluding carboxylic acids is 2. The van der Waals surface area contributed by atoms with E-state index in [1.807, 2.05) is 31.2 Å². The normalized spacial score (nSPS) is 23.6. The van der Waals surface area contributed by atoms with Gasteiger partial charge in [0, 0.05) is 23.8 Å². The predicted octanol–water partition coefficient (Wildman–Crippen LogP) is 3.82. The standard InChI is InChI=1S/C22H21FN2O2S/c1-14-2-4-15(5-3-14)13-24-19-9-8-17(23)12-18(19)22(21(24)27)25(10-11-28-22)20(26)16-6-7-16/h2-5,8-9,12,16H,6-7,10-11,13H2,1H3/t22-/m0/s1. The minimum atomic E-state index is -1.12. The summed E-state index contributed by atoms with van der Waals surface area (Å²) in [5.41, 5.74) is 3.48. The van der Waals surface area contributed by atoms with Gasteiger partial charge in [-0.2, -0.15) is 0 Å². The second kappa shape index (κ2) is 6.34. The lowest BCUT2D eigenvalue weighted by atomic mass is 10.0. The first-order valence-electron chi connectivity index (χ1n) is 9.64. The largest absolute Gasteiger partial charge is 0.315 e. The average molecular weight is 396 g/mol. The lowest BCUT2D eigenvalue weighted by molar-refractivity contribution is -0.141. The van der Waals surface area contributed by atoms with E-state index in [4.69, 9.17) is 0 Å². The molecule has 0 unspecified atom stereocenters. The highest BCUT2D eigenvalue weighted by Gasteiger charge is 2.60. The summed E-state index contributed by atoms with van der Waals surface area (Å²) in [7, 11) is 0. The second-order valence-corrected chi connectivity index (χ2v) is 9.08. The van der Waals surface area contributed by atoms with Gasteiger partial charge in [-0.3, -0.25) is 9.59 Å². The second-order valence-electron chi connectivity index (χ2n) is 7.79. The third-order valence-electron chi connectivity index (χ3n) is 5.81. The Kier molecular flexibility index (Phi) is 4.02. The van der Waals surface area contributed by atoms with Crippen molar-refractivity contribution >= 4 is 29.3 Å². The maximum absolute atomic E-state index is 14.2. The Balaban J connectivity index is 1.59. The van der Waals surface area contributed by atoms with Gasteiger partial charge in [0.25, 0.3) is 5.91 Å². The molecule has 1 aliphatic carbocycles. The minimum Gasteiger partial charge on any atom is -0.315 e. The Morgan fingerprint density at radius 2 is 1.96 bits per heavy atom. The Morgan fingerprint density at radius 3 is 2.68 bits per heavy atom. The minimum absolute atomic E-state index is 0.0199. The lowest BCUT2D eigenvalue weighted by Crippen LogP contribution is -2.50. The number of nitrogens with zero attached hydrogens (tertiary/aromatic N) is 2. The molecule has 1 saturated carbocycles. The van der Waals surface area contributed by atoms with Crippen LogP contribution in [0.1, 0.15) is 29.5 Å². The number of benzene rings is 2. The zero-order chi connectivity index (χ0) is 19.5. The molecule has 1 atom stereocenters. The maximum Gasteiger partial charge on any atom is 0.268 e. The third kappa shape index (κ3) is 2.58. The molecule has 144 valence electrons. The molecule has 4 nitrogen and oxygen atoms in total.